The third-order valence-electron chi connectivity index (χ3n) is 10.3. The van der Waals surface area contributed by atoms with Crippen LogP contribution >= 0.6 is 11.3 Å². The van der Waals surface area contributed by atoms with Gasteiger partial charge in [0.15, 0.2) is 0 Å². The Morgan fingerprint density at radius 1 is 0.352 bits per heavy atom. The standard InChI is InChI=1S/C50H33N2SSe/c54-50-25-12-10-22-42(50)34-15-13-20-38(30-34)52(37-18-5-2-6-19-37)47-31-35-14-7-8-21-41(35)43-28-26-39(32-46(43)47)51(36-16-3-1-4-17-36)40-27-29-45-44-23-9-11-24-48(44)53-49(45)33-40/h1-33H. The van der Waals surface area contributed by atoms with Crippen LogP contribution in [0.4, 0.5) is 34.1 Å². The quantitative estimate of drug-likeness (QED) is 0.118. The van der Waals surface area contributed by atoms with Gasteiger partial charge in [-0.2, -0.15) is 0 Å². The number of hydrogen-bond acceptors (Lipinski definition) is 3. The molecule has 0 saturated heterocycles. The van der Waals surface area contributed by atoms with Crippen molar-refractivity contribution < 1.29 is 0 Å². The van der Waals surface area contributed by atoms with Gasteiger partial charge in [-0.15, -0.1) is 11.3 Å². The third kappa shape index (κ3) is 5.73. The van der Waals surface area contributed by atoms with Crippen LogP contribution < -0.4 is 14.3 Å². The van der Waals surface area contributed by atoms with E-state index in [1.807, 2.05) is 11.3 Å². The van der Waals surface area contributed by atoms with Gasteiger partial charge in [-0.1, -0.05) is 42.5 Å². The van der Waals surface area contributed by atoms with Crippen molar-refractivity contribution in [2.45, 2.75) is 0 Å². The molecule has 0 saturated carbocycles. The van der Waals surface area contributed by atoms with Crippen LogP contribution in [0.1, 0.15) is 0 Å². The van der Waals surface area contributed by atoms with Crippen LogP contribution in [0.5, 0.6) is 0 Å². The second-order valence-corrected chi connectivity index (χ2v) is 15.5. The van der Waals surface area contributed by atoms with Crippen LogP contribution in [0, 0.1) is 0 Å². The molecule has 0 atom stereocenters. The molecule has 1 aromatic heterocycles. The first-order chi connectivity index (χ1) is 26.7. The summed E-state index contributed by atoms with van der Waals surface area (Å²) in [5.41, 5.74) is 9.02. The van der Waals surface area contributed by atoms with E-state index < -0.39 is 0 Å². The summed E-state index contributed by atoms with van der Waals surface area (Å²) < 4.78 is 3.73. The van der Waals surface area contributed by atoms with Crippen molar-refractivity contribution in [3.63, 3.8) is 0 Å². The van der Waals surface area contributed by atoms with E-state index in [-0.39, 0.29) is 0 Å². The Kier molecular flexibility index (Phi) is 8.23. The SMILES string of the molecule is [Se]c1ccccc1-c1cccc(N(c2ccccc2)c2cc3ccccc3c3ccc(N(c4ccccc4)c4ccc5c(c4)sc4ccccc45)cc23)c1. The maximum atomic E-state index is 3.27. The maximum absolute atomic E-state index is 3.27. The summed E-state index contributed by atoms with van der Waals surface area (Å²) >= 11 is 5.12. The van der Waals surface area contributed by atoms with Gasteiger partial charge in [-0.3, -0.25) is 0 Å². The zero-order valence-corrected chi connectivity index (χ0v) is 31.8. The number of fused-ring (bicyclic) bond motifs is 6. The number of anilines is 6. The van der Waals surface area contributed by atoms with Crippen molar-refractivity contribution in [1.29, 1.82) is 0 Å². The van der Waals surface area contributed by atoms with Crippen LogP contribution in [0.2, 0.25) is 0 Å². The molecule has 0 N–H and O–H groups in total. The van der Waals surface area contributed by atoms with E-state index in [1.165, 1.54) is 52.8 Å². The number of hydrogen-bond donors (Lipinski definition) is 0. The molecule has 0 bridgehead atoms. The second kappa shape index (κ2) is 13.7. The molecule has 0 aliphatic carbocycles. The van der Waals surface area contributed by atoms with E-state index in [0.29, 0.717) is 0 Å². The van der Waals surface area contributed by atoms with Crippen molar-refractivity contribution in [1.82, 2.24) is 0 Å². The van der Waals surface area contributed by atoms with Crippen LogP contribution in [-0.4, -0.2) is 16.0 Å². The van der Waals surface area contributed by atoms with Gasteiger partial charge in [-0.05, 0) is 30.3 Å². The molecule has 0 amide bonds. The van der Waals surface area contributed by atoms with Gasteiger partial charge >= 0.3 is 224 Å². The summed E-state index contributed by atoms with van der Waals surface area (Å²) in [5.74, 6) is 0. The monoisotopic (exact) mass is 773 g/mol. The van der Waals surface area contributed by atoms with E-state index in [2.05, 4.69) is 226 Å². The summed E-state index contributed by atoms with van der Waals surface area (Å²) in [6, 6.07) is 72.6. The predicted octanol–water partition coefficient (Wildman–Crippen LogP) is 13.8. The zero-order chi connectivity index (χ0) is 36.0. The normalized spacial score (nSPS) is 11.4. The number of nitrogens with zero attached hydrogens (tertiary/aromatic N) is 2. The molecule has 9 aromatic carbocycles. The van der Waals surface area contributed by atoms with Crippen molar-refractivity contribution in [3.05, 3.63) is 200 Å². The molecule has 0 aliphatic rings. The first-order valence-corrected chi connectivity index (χ1v) is 19.8. The summed E-state index contributed by atoms with van der Waals surface area (Å²) in [6.07, 6.45) is 0. The molecule has 10 aromatic rings. The van der Waals surface area contributed by atoms with Crippen molar-refractivity contribution in [2.24, 2.45) is 0 Å². The van der Waals surface area contributed by atoms with Gasteiger partial charge in [0, 0.05) is 20.2 Å². The van der Waals surface area contributed by atoms with Crippen LogP contribution in [0.3, 0.4) is 0 Å². The summed E-state index contributed by atoms with van der Waals surface area (Å²) in [4.78, 5) is 4.81. The van der Waals surface area contributed by atoms with E-state index in [0.717, 1.165) is 38.6 Å². The Labute approximate surface area is 327 Å². The molecule has 4 heteroatoms. The summed E-state index contributed by atoms with van der Waals surface area (Å²) in [5, 5.41) is 7.43. The molecular weight excluding hydrogens is 740 g/mol. The number of rotatable bonds is 7. The van der Waals surface area contributed by atoms with Crippen LogP contribution in [0.15, 0.2) is 200 Å². The Morgan fingerprint density at radius 2 is 0.944 bits per heavy atom. The number of thiophene rings is 1. The molecule has 0 unspecified atom stereocenters. The van der Waals surface area contributed by atoms with E-state index in [4.69, 9.17) is 0 Å². The fraction of sp³-hybridized carbons (Fsp3) is 0. The topological polar surface area (TPSA) is 6.48 Å². The molecule has 1 radical (unpaired) electrons. The zero-order valence-electron chi connectivity index (χ0n) is 29.3. The van der Waals surface area contributed by atoms with Crippen LogP contribution in [-0.2, 0) is 0 Å². The summed E-state index contributed by atoms with van der Waals surface area (Å²) in [7, 11) is 0. The molecule has 54 heavy (non-hydrogen) atoms. The average molecular weight is 773 g/mol. The average Bonchev–Trinajstić information content (AvgIpc) is 3.60. The minimum absolute atomic E-state index is 1.10. The Hall–Kier alpha value is -6.16. The first kappa shape index (κ1) is 32.5. The fourth-order valence-corrected chi connectivity index (χ4v) is 9.49. The molecular formula is C50H33N2SSe. The van der Waals surface area contributed by atoms with E-state index in [1.54, 1.807) is 0 Å². The van der Waals surface area contributed by atoms with Gasteiger partial charge in [0.2, 0.25) is 0 Å². The second-order valence-electron chi connectivity index (χ2n) is 13.5. The van der Waals surface area contributed by atoms with Gasteiger partial charge in [-0.25, -0.2) is 0 Å². The Morgan fingerprint density at radius 3 is 1.74 bits per heavy atom. The van der Waals surface area contributed by atoms with Gasteiger partial charge < -0.3 is 0 Å². The molecule has 255 valence electrons. The fourth-order valence-electron chi connectivity index (χ4n) is 7.80. The molecule has 1 heterocycles. The van der Waals surface area contributed by atoms with Gasteiger partial charge in [0.05, 0.1) is 0 Å². The van der Waals surface area contributed by atoms with Gasteiger partial charge in [0.1, 0.15) is 0 Å². The van der Waals surface area contributed by atoms with E-state index in [9.17, 15) is 0 Å². The molecule has 0 spiro atoms. The molecule has 0 aliphatic heterocycles. The first-order valence-electron chi connectivity index (χ1n) is 18.1. The Bertz CT molecular complexity index is 2970. The molecule has 0 fully saturated rings. The van der Waals surface area contributed by atoms with Crippen LogP contribution in [0.25, 0.3) is 52.8 Å². The third-order valence-corrected chi connectivity index (χ3v) is 12.2. The Balaban J connectivity index is 1.22. The van der Waals surface area contributed by atoms with Crippen molar-refractivity contribution >= 4 is 108 Å². The molecule has 10 rings (SSSR count). The number of para-hydroxylation sites is 2. The van der Waals surface area contributed by atoms with E-state index >= 15 is 0 Å². The van der Waals surface area contributed by atoms with Crippen molar-refractivity contribution in [2.75, 3.05) is 9.80 Å². The number of benzene rings is 9. The van der Waals surface area contributed by atoms with Crippen molar-refractivity contribution in [3.8, 4) is 11.1 Å². The molecule has 2 nitrogen and oxygen atoms in total. The van der Waals surface area contributed by atoms with Gasteiger partial charge in [0.25, 0.3) is 0 Å². The minimum atomic E-state index is 1.10. The summed E-state index contributed by atoms with van der Waals surface area (Å²) in [6.45, 7) is 0. The predicted molar refractivity (Wildman–Crippen MR) is 235 cm³/mol.